The summed E-state index contributed by atoms with van der Waals surface area (Å²) in [7, 11) is 0. The predicted molar refractivity (Wildman–Crippen MR) is 257 cm³/mol. The quantitative estimate of drug-likeness (QED) is 0.173. The number of furan rings is 1. The van der Waals surface area contributed by atoms with E-state index in [9.17, 15) is 0 Å². The number of para-hydroxylation sites is 2. The van der Waals surface area contributed by atoms with Crippen molar-refractivity contribution in [2.45, 2.75) is 5.41 Å². The third kappa shape index (κ3) is 4.39. The number of anilines is 3. The summed E-state index contributed by atoms with van der Waals surface area (Å²) in [4.78, 5) is 2.45. The molecule has 2 aliphatic carbocycles. The van der Waals surface area contributed by atoms with E-state index in [-0.39, 0.29) is 0 Å². The van der Waals surface area contributed by atoms with Gasteiger partial charge in [0, 0.05) is 44.3 Å². The zero-order valence-corrected chi connectivity index (χ0v) is 33.6. The van der Waals surface area contributed by atoms with Gasteiger partial charge in [-0.1, -0.05) is 152 Å². The Bertz CT molecular complexity index is 3760. The maximum Gasteiger partial charge on any atom is 0.135 e. The summed E-state index contributed by atoms with van der Waals surface area (Å²) < 4.78 is 8.90. The predicted octanol–water partition coefficient (Wildman–Crippen LogP) is 15.6. The molecule has 2 aliphatic rings. The minimum Gasteiger partial charge on any atom is -0.456 e. The Kier molecular flexibility index (Phi) is 6.76. The van der Waals surface area contributed by atoms with Gasteiger partial charge in [-0.15, -0.1) is 0 Å². The lowest BCUT2D eigenvalue weighted by molar-refractivity contribution is 0.669. The summed E-state index contributed by atoms with van der Waals surface area (Å²) in [6.45, 7) is 0. The van der Waals surface area contributed by atoms with Crippen LogP contribution in [0.4, 0.5) is 17.1 Å². The lowest BCUT2D eigenvalue weighted by Gasteiger charge is -2.38. The molecule has 1 spiro atoms. The van der Waals surface area contributed by atoms with E-state index in [1.807, 2.05) is 6.07 Å². The van der Waals surface area contributed by atoms with Crippen LogP contribution in [0.5, 0.6) is 0 Å². The van der Waals surface area contributed by atoms with E-state index in [1.54, 1.807) is 0 Å². The molecule has 0 aliphatic heterocycles. The number of rotatable bonds is 5. The summed E-state index contributed by atoms with van der Waals surface area (Å²) in [6.07, 6.45) is 0. The van der Waals surface area contributed by atoms with Gasteiger partial charge in [0.25, 0.3) is 0 Å². The molecule has 2 heterocycles. The number of hydrogen-bond donors (Lipinski definition) is 0. The van der Waals surface area contributed by atoms with Crippen molar-refractivity contribution in [1.82, 2.24) is 4.57 Å². The first-order valence-electron chi connectivity index (χ1n) is 21.4. The van der Waals surface area contributed by atoms with Gasteiger partial charge in [0.15, 0.2) is 0 Å². The molecule has 0 atom stereocenters. The molecule has 0 radical (unpaired) electrons. The lowest BCUT2D eigenvalue weighted by atomic mass is 9.63. The van der Waals surface area contributed by atoms with Crippen molar-refractivity contribution in [2.75, 3.05) is 4.90 Å². The lowest BCUT2D eigenvalue weighted by Crippen LogP contribution is -2.31. The summed E-state index contributed by atoms with van der Waals surface area (Å²) in [5, 5.41) is 7.42. The first kappa shape index (κ1) is 33.7. The van der Waals surface area contributed by atoms with Gasteiger partial charge in [0.2, 0.25) is 0 Å². The summed E-state index contributed by atoms with van der Waals surface area (Å²) in [6, 6.07) is 80.4. The van der Waals surface area contributed by atoms with Crippen LogP contribution in [0.25, 0.3) is 82.5 Å². The van der Waals surface area contributed by atoms with E-state index in [0.717, 1.165) is 44.7 Å². The van der Waals surface area contributed by atoms with Gasteiger partial charge < -0.3 is 13.9 Å². The van der Waals surface area contributed by atoms with Crippen LogP contribution >= 0.6 is 0 Å². The Morgan fingerprint density at radius 2 is 1.02 bits per heavy atom. The molecule has 0 N–H and O–H groups in total. The molecule has 288 valence electrons. The van der Waals surface area contributed by atoms with E-state index in [4.69, 9.17) is 4.42 Å². The van der Waals surface area contributed by atoms with Crippen LogP contribution in [-0.2, 0) is 5.41 Å². The average molecular weight is 789 g/mol. The van der Waals surface area contributed by atoms with Gasteiger partial charge in [-0.05, 0) is 122 Å². The molecule has 12 aromatic rings. The molecule has 10 aromatic carbocycles. The second-order valence-corrected chi connectivity index (χ2v) is 16.8. The molecule has 3 nitrogen and oxygen atoms in total. The Hall–Kier alpha value is -8.14. The van der Waals surface area contributed by atoms with Crippen LogP contribution in [0.15, 0.2) is 223 Å². The molecule has 3 heteroatoms. The van der Waals surface area contributed by atoms with E-state index in [1.165, 1.54) is 77.1 Å². The maximum absolute atomic E-state index is 6.40. The van der Waals surface area contributed by atoms with Crippen molar-refractivity contribution in [3.8, 4) is 27.9 Å². The van der Waals surface area contributed by atoms with Crippen LogP contribution in [0.3, 0.4) is 0 Å². The number of benzene rings is 10. The van der Waals surface area contributed by atoms with Gasteiger partial charge in [-0.3, -0.25) is 0 Å². The second kappa shape index (κ2) is 12.4. The third-order valence-corrected chi connectivity index (χ3v) is 13.7. The Morgan fingerprint density at radius 3 is 1.81 bits per heavy atom. The molecule has 0 bridgehead atoms. The molecule has 2 aromatic heterocycles. The summed E-state index contributed by atoms with van der Waals surface area (Å²) in [5.41, 5.74) is 18.2. The van der Waals surface area contributed by atoms with Crippen LogP contribution in [-0.4, -0.2) is 4.57 Å². The average Bonchev–Trinajstić information content (AvgIpc) is 3.98. The summed E-state index contributed by atoms with van der Waals surface area (Å²) in [5.74, 6) is 0. The van der Waals surface area contributed by atoms with E-state index >= 15 is 0 Å². The monoisotopic (exact) mass is 788 g/mol. The van der Waals surface area contributed by atoms with Crippen molar-refractivity contribution >= 4 is 71.6 Å². The van der Waals surface area contributed by atoms with Gasteiger partial charge in [-0.2, -0.15) is 0 Å². The van der Waals surface area contributed by atoms with E-state index in [2.05, 4.69) is 222 Å². The van der Waals surface area contributed by atoms with Crippen molar-refractivity contribution in [2.24, 2.45) is 0 Å². The van der Waals surface area contributed by atoms with Crippen molar-refractivity contribution in [3.05, 3.63) is 241 Å². The normalized spacial score (nSPS) is 13.3. The molecule has 0 fully saturated rings. The number of hydrogen-bond acceptors (Lipinski definition) is 2. The van der Waals surface area contributed by atoms with Gasteiger partial charge >= 0.3 is 0 Å². The third-order valence-electron chi connectivity index (χ3n) is 13.7. The highest BCUT2D eigenvalue weighted by molar-refractivity contribution is 6.27. The van der Waals surface area contributed by atoms with Crippen molar-refractivity contribution in [1.29, 1.82) is 0 Å². The zero-order valence-electron chi connectivity index (χ0n) is 33.6. The van der Waals surface area contributed by atoms with Crippen LogP contribution in [0, 0.1) is 0 Å². The van der Waals surface area contributed by atoms with E-state index < -0.39 is 5.41 Å². The topological polar surface area (TPSA) is 21.3 Å². The molecule has 0 unspecified atom stereocenters. The first-order valence-corrected chi connectivity index (χ1v) is 21.4. The molecule has 62 heavy (non-hydrogen) atoms. The van der Waals surface area contributed by atoms with Crippen LogP contribution in [0.1, 0.15) is 22.3 Å². The fraction of sp³-hybridized carbons (Fsp3) is 0.0169. The Balaban J connectivity index is 1.14. The fourth-order valence-corrected chi connectivity index (χ4v) is 11.3. The Morgan fingerprint density at radius 1 is 0.371 bits per heavy atom. The molecular weight excluding hydrogens is 753 g/mol. The minimum absolute atomic E-state index is 0.571. The smallest absolute Gasteiger partial charge is 0.135 e. The SMILES string of the molecule is c1ccc(-c2ccc(N(c3ccc4oc5ccccc5c4c3)c3cc4c5c6c7c(cccc7ccc6n(-c6ccccc6)c5c3)C43c4ccccc4-c4ccccc43)cc2)cc1. The number of nitrogens with zero attached hydrogens (tertiary/aromatic N) is 2. The highest BCUT2D eigenvalue weighted by atomic mass is 16.3. The van der Waals surface area contributed by atoms with E-state index in [0.29, 0.717) is 0 Å². The molecule has 0 amide bonds. The zero-order chi connectivity index (χ0) is 40.5. The van der Waals surface area contributed by atoms with Crippen LogP contribution < -0.4 is 4.90 Å². The highest BCUT2D eigenvalue weighted by Gasteiger charge is 2.50. The number of fused-ring (bicyclic) bond motifs is 10. The number of aromatic nitrogens is 1. The first-order chi connectivity index (χ1) is 30.8. The highest BCUT2D eigenvalue weighted by Crippen LogP contribution is 2.63. The summed E-state index contributed by atoms with van der Waals surface area (Å²) >= 11 is 0. The van der Waals surface area contributed by atoms with Crippen molar-refractivity contribution < 1.29 is 4.42 Å². The molecular formula is C59H36N2O. The fourth-order valence-electron chi connectivity index (χ4n) is 11.3. The van der Waals surface area contributed by atoms with Gasteiger partial charge in [0.05, 0.1) is 16.4 Å². The molecule has 0 saturated heterocycles. The minimum atomic E-state index is -0.571. The Labute approximate surface area is 358 Å². The van der Waals surface area contributed by atoms with Crippen molar-refractivity contribution in [3.63, 3.8) is 0 Å². The standard InChI is InChI=1S/C59H36N2O/c1-3-14-37(15-4-1)38-26-29-41(30-27-38)60(42-31-33-55-47(34-42)46-21-9-12-25-54(46)62-55)43-35-51-57-53(36-43)61(40-17-5-2-6-18-40)52-32-28-39-16-13-24-50(56(39)58(52)57)59(51)48-22-10-7-19-44(48)45-20-8-11-23-49(45)59/h1-36H. The van der Waals surface area contributed by atoms with Gasteiger partial charge in [-0.25, -0.2) is 0 Å². The largest absolute Gasteiger partial charge is 0.456 e. The molecule has 14 rings (SSSR count). The van der Waals surface area contributed by atoms with Gasteiger partial charge in [0.1, 0.15) is 11.2 Å². The van der Waals surface area contributed by atoms with Crippen LogP contribution in [0.2, 0.25) is 0 Å². The molecule has 0 saturated carbocycles. The maximum atomic E-state index is 6.40. The second-order valence-electron chi connectivity index (χ2n) is 16.8.